The van der Waals surface area contributed by atoms with E-state index in [1.54, 1.807) is 4.90 Å². The van der Waals surface area contributed by atoms with Crippen molar-refractivity contribution >= 4 is 12.2 Å². The zero-order valence-electron chi connectivity index (χ0n) is 9.69. The third-order valence-electron chi connectivity index (χ3n) is 2.94. The van der Waals surface area contributed by atoms with Crippen LogP contribution >= 0.6 is 0 Å². The van der Waals surface area contributed by atoms with Gasteiger partial charge in [0.2, 0.25) is 5.91 Å². The normalized spacial score (nSPS) is 24.0. The van der Waals surface area contributed by atoms with Crippen LogP contribution in [0.15, 0.2) is 0 Å². The quantitative estimate of drug-likeness (QED) is 0.680. The van der Waals surface area contributed by atoms with E-state index in [0.717, 1.165) is 19.1 Å². The Morgan fingerprint density at radius 2 is 2.13 bits per heavy atom. The highest BCUT2D eigenvalue weighted by molar-refractivity contribution is 5.85. The molecule has 4 heteroatoms. The summed E-state index contributed by atoms with van der Waals surface area (Å²) in [5.41, 5.74) is 5.63. The maximum atomic E-state index is 12.0. The Balaban J connectivity index is 2.72. The molecule has 1 saturated heterocycles. The van der Waals surface area contributed by atoms with Crippen LogP contribution in [0.2, 0.25) is 0 Å². The van der Waals surface area contributed by atoms with E-state index in [9.17, 15) is 9.59 Å². The molecule has 0 bridgehead atoms. The largest absolute Gasteiger partial charge is 0.332 e. The Morgan fingerprint density at radius 3 is 2.60 bits per heavy atom. The molecule has 1 aliphatic heterocycles. The lowest BCUT2D eigenvalue weighted by atomic mass is 9.86. The Labute approximate surface area is 90.8 Å². The van der Waals surface area contributed by atoms with Gasteiger partial charge >= 0.3 is 0 Å². The van der Waals surface area contributed by atoms with Gasteiger partial charge in [-0.3, -0.25) is 4.79 Å². The van der Waals surface area contributed by atoms with Crippen LogP contribution in [0.4, 0.5) is 0 Å². The fourth-order valence-corrected chi connectivity index (χ4v) is 1.76. The molecule has 0 aliphatic carbocycles. The summed E-state index contributed by atoms with van der Waals surface area (Å²) in [6, 6.07) is -0.788. The summed E-state index contributed by atoms with van der Waals surface area (Å²) >= 11 is 0. The highest BCUT2D eigenvalue weighted by Gasteiger charge is 2.36. The smallest absolute Gasteiger partial charge is 0.240 e. The summed E-state index contributed by atoms with van der Waals surface area (Å²) in [4.78, 5) is 24.4. The Morgan fingerprint density at radius 1 is 1.53 bits per heavy atom. The lowest BCUT2D eigenvalue weighted by Gasteiger charge is -2.31. The molecular formula is C11H20N2O2. The number of hydrogen-bond donors (Lipinski definition) is 1. The SMILES string of the molecule is CC(C)(C)C(N)C(=O)N1CCC[C@H]1C=O. The van der Waals surface area contributed by atoms with Gasteiger partial charge in [0.25, 0.3) is 0 Å². The van der Waals surface area contributed by atoms with Gasteiger partial charge in [0.05, 0.1) is 12.1 Å². The van der Waals surface area contributed by atoms with E-state index in [0.29, 0.717) is 6.54 Å². The number of carbonyl (C=O) groups excluding carboxylic acids is 2. The van der Waals surface area contributed by atoms with Crippen LogP contribution in [0.5, 0.6) is 0 Å². The minimum Gasteiger partial charge on any atom is -0.332 e. The van der Waals surface area contributed by atoms with Gasteiger partial charge in [0.1, 0.15) is 6.29 Å². The van der Waals surface area contributed by atoms with Crippen molar-refractivity contribution in [2.75, 3.05) is 6.54 Å². The van der Waals surface area contributed by atoms with Crippen molar-refractivity contribution in [3.05, 3.63) is 0 Å². The molecule has 1 aliphatic rings. The average Bonchev–Trinajstić information content (AvgIpc) is 2.61. The fraction of sp³-hybridized carbons (Fsp3) is 0.818. The first kappa shape index (κ1) is 12.2. The number of nitrogens with two attached hydrogens (primary N) is 1. The Kier molecular flexibility index (Phi) is 3.50. The van der Waals surface area contributed by atoms with Gasteiger partial charge in [-0.1, -0.05) is 20.8 Å². The molecule has 2 N–H and O–H groups in total. The van der Waals surface area contributed by atoms with Gasteiger partial charge in [-0.05, 0) is 18.3 Å². The van der Waals surface area contributed by atoms with Gasteiger partial charge in [-0.15, -0.1) is 0 Å². The predicted octanol–water partition coefficient (Wildman–Crippen LogP) is 0.550. The van der Waals surface area contributed by atoms with Crippen molar-refractivity contribution < 1.29 is 9.59 Å². The molecule has 0 spiro atoms. The first-order valence-corrected chi connectivity index (χ1v) is 5.39. The summed E-state index contributed by atoms with van der Waals surface area (Å²) in [5.74, 6) is -0.0999. The van der Waals surface area contributed by atoms with Crippen molar-refractivity contribution in [2.45, 2.75) is 45.7 Å². The van der Waals surface area contributed by atoms with Crippen molar-refractivity contribution in [1.82, 2.24) is 4.90 Å². The molecule has 0 aromatic rings. The van der Waals surface area contributed by atoms with Crippen LogP contribution in [0.25, 0.3) is 0 Å². The number of amides is 1. The van der Waals surface area contributed by atoms with E-state index in [4.69, 9.17) is 5.73 Å². The summed E-state index contributed by atoms with van der Waals surface area (Å²) in [5, 5.41) is 0. The lowest BCUT2D eigenvalue weighted by Crippen LogP contribution is -2.52. The van der Waals surface area contributed by atoms with Crippen LogP contribution in [0.1, 0.15) is 33.6 Å². The van der Waals surface area contributed by atoms with Crippen LogP contribution < -0.4 is 5.73 Å². The second-order valence-corrected chi connectivity index (χ2v) is 5.22. The van der Waals surface area contributed by atoms with Crippen molar-refractivity contribution in [2.24, 2.45) is 11.1 Å². The van der Waals surface area contributed by atoms with Gasteiger partial charge in [-0.25, -0.2) is 0 Å². The monoisotopic (exact) mass is 212 g/mol. The molecular weight excluding hydrogens is 192 g/mol. The first-order chi connectivity index (χ1) is 6.88. The summed E-state index contributed by atoms with van der Waals surface area (Å²) in [6.07, 6.45) is 2.51. The molecule has 4 nitrogen and oxygen atoms in total. The lowest BCUT2D eigenvalue weighted by molar-refractivity contribution is -0.137. The third kappa shape index (κ3) is 2.56. The minimum absolute atomic E-state index is 0.0999. The zero-order valence-corrected chi connectivity index (χ0v) is 9.69. The molecule has 1 fully saturated rings. The van der Waals surface area contributed by atoms with Crippen molar-refractivity contribution in [3.8, 4) is 0 Å². The minimum atomic E-state index is -0.530. The van der Waals surface area contributed by atoms with E-state index < -0.39 is 6.04 Å². The molecule has 1 unspecified atom stereocenters. The molecule has 1 rings (SSSR count). The Bertz CT molecular complexity index is 258. The molecule has 0 aromatic carbocycles. The van der Waals surface area contributed by atoms with Gasteiger partial charge in [0, 0.05) is 6.54 Å². The molecule has 1 amide bonds. The van der Waals surface area contributed by atoms with E-state index >= 15 is 0 Å². The second-order valence-electron chi connectivity index (χ2n) is 5.22. The van der Waals surface area contributed by atoms with Crippen molar-refractivity contribution in [1.29, 1.82) is 0 Å². The highest BCUT2D eigenvalue weighted by Crippen LogP contribution is 2.23. The number of likely N-dealkylation sites (tertiary alicyclic amines) is 1. The number of aldehydes is 1. The van der Waals surface area contributed by atoms with Crippen LogP contribution in [-0.2, 0) is 9.59 Å². The van der Waals surface area contributed by atoms with E-state index in [1.807, 2.05) is 20.8 Å². The first-order valence-electron chi connectivity index (χ1n) is 5.39. The highest BCUT2D eigenvalue weighted by atomic mass is 16.2. The van der Waals surface area contributed by atoms with Crippen LogP contribution in [-0.4, -0.2) is 35.7 Å². The summed E-state index contributed by atoms with van der Waals surface area (Å²) in [6.45, 7) is 6.46. The molecule has 0 saturated carbocycles. The van der Waals surface area contributed by atoms with Crippen LogP contribution in [0, 0.1) is 5.41 Å². The van der Waals surface area contributed by atoms with Gasteiger partial charge < -0.3 is 15.4 Å². The maximum Gasteiger partial charge on any atom is 0.240 e. The number of carbonyl (C=O) groups is 2. The van der Waals surface area contributed by atoms with Gasteiger partial charge in [0.15, 0.2) is 0 Å². The molecule has 86 valence electrons. The van der Waals surface area contributed by atoms with E-state index in [1.165, 1.54) is 0 Å². The molecule has 0 aromatic heterocycles. The number of hydrogen-bond acceptors (Lipinski definition) is 3. The topological polar surface area (TPSA) is 63.4 Å². The van der Waals surface area contributed by atoms with E-state index in [-0.39, 0.29) is 17.4 Å². The van der Waals surface area contributed by atoms with Crippen molar-refractivity contribution in [3.63, 3.8) is 0 Å². The van der Waals surface area contributed by atoms with Crippen LogP contribution in [0.3, 0.4) is 0 Å². The Hall–Kier alpha value is -0.900. The average molecular weight is 212 g/mol. The molecule has 0 radical (unpaired) electrons. The maximum absolute atomic E-state index is 12.0. The standard InChI is InChI=1S/C11H20N2O2/c1-11(2,3)9(12)10(15)13-6-4-5-8(13)7-14/h7-9H,4-6,12H2,1-3H3/t8-,9?/m0/s1. The third-order valence-corrected chi connectivity index (χ3v) is 2.94. The zero-order chi connectivity index (χ0) is 11.6. The van der Waals surface area contributed by atoms with E-state index in [2.05, 4.69) is 0 Å². The second kappa shape index (κ2) is 4.31. The molecule has 2 atom stereocenters. The number of rotatable bonds is 2. The summed E-state index contributed by atoms with van der Waals surface area (Å²) < 4.78 is 0. The molecule has 15 heavy (non-hydrogen) atoms. The predicted molar refractivity (Wildman–Crippen MR) is 58.2 cm³/mol. The van der Waals surface area contributed by atoms with Gasteiger partial charge in [-0.2, -0.15) is 0 Å². The summed E-state index contributed by atoms with van der Waals surface area (Å²) in [7, 11) is 0. The fourth-order valence-electron chi connectivity index (χ4n) is 1.76. The number of nitrogens with zero attached hydrogens (tertiary/aromatic N) is 1. The molecule has 1 heterocycles.